The highest BCUT2D eigenvalue weighted by Gasteiger charge is 2.27. The first kappa shape index (κ1) is 16.4. The second kappa shape index (κ2) is 6.97. The van der Waals surface area contributed by atoms with Crippen LogP contribution in [0.3, 0.4) is 0 Å². The number of rotatable bonds is 9. The molecule has 0 aliphatic heterocycles. The minimum atomic E-state index is -0.980. The average molecular weight is 264 g/mol. The molecule has 0 spiro atoms. The van der Waals surface area contributed by atoms with Crippen molar-refractivity contribution in [3.8, 4) is 0 Å². The molecule has 0 aromatic rings. The minimum Gasteiger partial charge on any atom is -0.312 e. The lowest BCUT2D eigenvalue weighted by molar-refractivity contribution is -0.790. The van der Waals surface area contributed by atoms with E-state index in [1.807, 2.05) is 27.7 Å². The number of hydrogen-bond donors (Lipinski definition) is 0. The summed E-state index contributed by atoms with van der Waals surface area (Å²) in [7, 11) is 0. The van der Waals surface area contributed by atoms with E-state index in [9.17, 15) is 20.2 Å². The van der Waals surface area contributed by atoms with Gasteiger partial charge in [0.25, 0.3) is 10.2 Å². The predicted molar refractivity (Wildman–Crippen MR) is 62.7 cm³/mol. The van der Waals surface area contributed by atoms with Gasteiger partial charge in [0.2, 0.25) is 0 Å². The maximum absolute atomic E-state index is 10.3. The Bertz CT molecular complexity index is 292. The summed E-state index contributed by atoms with van der Waals surface area (Å²) in [5.41, 5.74) is -0.213. The fraction of sp³-hybridized carbons (Fsp3) is 1.00. The Hall–Kier alpha value is -1.60. The van der Waals surface area contributed by atoms with Crippen LogP contribution in [0.15, 0.2) is 0 Å². The zero-order valence-corrected chi connectivity index (χ0v) is 11.1. The molecular weight excluding hydrogens is 244 g/mol. The molecule has 0 saturated carbocycles. The second-order valence-corrected chi connectivity index (χ2v) is 5.44. The van der Waals surface area contributed by atoms with Crippen LogP contribution in [-0.4, -0.2) is 22.9 Å². The monoisotopic (exact) mass is 264 g/mol. The SMILES string of the molecule is CC(C)CC(C)(C)CC(CO[N+](=O)[O-])O[N+](=O)[O-]. The molecule has 0 heterocycles. The average Bonchev–Trinajstić information content (AvgIpc) is 2.10. The van der Waals surface area contributed by atoms with Gasteiger partial charge in [-0.3, -0.25) is 0 Å². The third kappa shape index (κ3) is 8.54. The molecule has 0 amide bonds. The van der Waals surface area contributed by atoms with Crippen molar-refractivity contribution in [2.24, 2.45) is 11.3 Å². The molecule has 1 atom stereocenters. The van der Waals surface area contributed by atoms with E-state index in [1.54, 1.807) is 0 Å². The summed E-state index contributed by atoms with van der Waals surface area (Å²) in [5.74, 6) is 0.424. The van der Waals surface area contributed by atoms with Crippen LogP contribution < -0.4 is 0 Å². The first-order valence-corrected chi connectivity index (χ1v) is 5.71. The van der Waals surface area contributed by atoms with Crippen LogP contribution in [0.2, 0.25) is 0 Å². The lowest BCUT2D eigenvalue weighted by atomic mass is 9.79. The third-order valence-electron chi connectivity index (χ3n) is 2.34. The molecule has 0 aliphatic rings. The maximum atomic E-state index is 10.3. The van der Waals surface area contributed by atoms with Gasteiger partial charge in [0.1, 0.15) is 12.7 Å². The van der Waals surface area contributed by atoms with Crippen molar-refractivity contribution in [1.82, 2.24) is 0 Å². The van der Waals surface area contributed by atoms with Gasteiger partial charge in [0.15, 0.2) is 0 Å². The van der Waals surface area contributed by atoms with Gasteiger partial charge < -0.3 is 9.68 Å². The van der Waals surface area contributed by atoms with Crippen molar-refractivity contribution in [2.45, 2.75) is 46.6 Å². The highest BCUT2D eigenvalue weighted by molar-refractivity contribution is 4.74. The Balaban J connectivity index is 4.46. The van der Waals surface area contributed by atoms with Gasteiger partial charge in [-0.1, -0.05) is 27.7 Å². The van der Waals surface area contributed by atoms with E-state index in [0.29, 0.717) is 12.3 Å². The quantitative estimate of drug-likeness (QED) is 0.467. The van der Waals surface area contributed by atoms with Crippen molar-refractivity contribution in [3.63, 3.8) is 0 Å². The van der Waals surface area contributed by atoms with E-state index in [4.69, 9.17) is 0 Å². The summed E-state index contributed by atoms with van der Waals surface area (Å²) in [6.07, 6.45) is 0.224. The minimum absolute atomic E-state index is 0.213. The largest absolute Gasteiger partial charge is 0.312 e. The van der Waals surface area contributed by atoms with Gasteiger partial charge in [-0.15, -0.1) is 20.2 Å². The van der Waals surface area contributed by atoms with Gasteiger partial charge in [-0.05, 0) is 24.2 Å². The Morgan fingerprint density at radius 1 is 1.11 bits per heavy atom. The molecule has 0 N–H and O–H groups in total. The normalized spacial score (nSPS) is 13.2. The molecule has 1 unspecified atom stereocenters. The summed E-state index contributed by atoms with van der Waals surface area (Å²) >= 11 is 0. The van der Waals surface area contributed by atoms with Gasteiger partial charge >= 0.3 is 0 Å². The predicted octanol–water partition coefficient (Wildman–Crippen LogP) is 2.23. The molecule has 0 radical (unpaired) electrons. The zero-order valence-electron chi connectivity index (χ0n) is 11.1. The van der Waals surface area contributed by atoms with Crippen molar-refractivity contribution < 1.29 is 19.8 Å². The summed E-state index contributed by atoms with van der Waals surface area (Å²) in [6, 6.07) is 0. The maximum Gasteiger partial charge on any atom is 0.294 e. The van der Waals surface area contributed by atoms with Crippen LogP contribution in [0.1, 0.15) is 40.5 Å². The Morgan fingerprint density at radius 3 is 2.06 bits per heavy atom. The highest BCUT2D eigenvalue weighted by atomic mass is 17.0. The summed E-state index contributed by atoms with van der Waals surface area (Å²) in [5, 5.41) is 18.5. The van der Waals surface area contributed by atoms with Crippen molar-refractivity contribution in [2.75, 3.05) is 6.61 Å². The van der Waals surface area contributed by atoms with Gasteiger partial charge in [-0.25, -0.2) is 0 Å². The van der Waals surface area contributed by atoms with E-state index in [2.05, 4.69) is 9.68 Å². The highest BCUT2D eigenvalue weighted by Crippen LogP contribution is 2.31. The van der Waals surface area contributed by atoms with Crippen LogP contribution in [-0.2, 0) is 9.68 Å². The lowest BCUT2D eigenvalue weighted by Crippen LogP contribution is -2.31. The van der Waals surface area contributed by atoms with Crippen LogP contribution in [0, 0.1) is 31.6 Å². The van der Waals surface area contributed by atoms with E-state index in [-0.39, 0.29) is 5.41 Å². The third-order valence-corrected chi connectivity index (χ3v) is 2.34. The second-order valence-electron chi connectivity index (χ2n) is 5.44. The van der Waals surface area contributed by atoms with E-state index in [0.717, 1.165) is 6.42 Å². The Kier molecular flexibility index (Phi) is 6.35. The molecule has 0 aromatic carbocycles. The molecule has 0 fully saturated rings. The zero-order chi connectivity index (χ0) is 14.3. The Labute approximate surface area is 105 Å². The topological polar surface area (TPSA) is 105 Å². The van der Waals surface area contributed by atoms with Crippen LogP contribution in [0.4, 0.5) is 0 Å². The molecule has 8 heteroatoms. The first-order chi connectivity index (χ1) is 8.12. The van der Waals surface area contributed by atoms with Crippen molar-refractivity contribution in [1.29, 1.82) is 0 Å². The van der Waals surface area contributed by atoms with Gasteiger partial charge in [-0.2, -0.15) is 0 Å². The molecule has 0 aromatic heterocycles. The molecular formula is C10H20N2O6. The smallest absolute Gasteiger partial charge is 0.294 e. The number of hydrogen-bond acceptors (Lipinski definition) is 6. The fourth-order valence-corrected chi connectivity index (χ4v) is 2.20. The van der Waals surface area contributed by atoms with Crippen LogP contribution in [0.5, 0.6) is 0 Å². The van der Waals surface area contributed by atoms with Crippen LogP contribution >= 0.6 is 0 Å². The first-order valence-electron chi connectivity index (χ1n) is 5.71. The van der Waals surface area contributed by atoms with E-state index >= 15 is 0 Å². The lowest BCUT2D eigenvalue weighted by Gasteiger charge is -2.29. The molecule has 0 rings (SSSR count). The van der Waals surface area contributed by atoms with E-state index < -0.39 is 22.9 Å². The van der Waals surface area contributed by atoms with Gasteiger partial charge in [0.05, 0.1) is 0 Å². The molecule has 8 nitrogen and oxygen atoms in total. The summed E-state index contributed by atoms with van der Waals surface area (Å²) in [6.45, 7) is 7.53. The van der Waals surface area contributed by atoms with E-state index in [1.165, 1.54) is 0 Å². The Morgan fingerprint density at radius 2 is 1.67 bits per heavy atom. The fourth-order valence-electron chi connectivity index (χ4n) is 2.20. The molecule has 0 saturated heterocycles. The summed E-state index contributed by atoms with van der Waals surface area (Å²) in [4.78, 5) is 29.0. The molecule has 106 valence electrons. The molecule has 0 aliphatic carbocycles. The van der Waals surface area contributed by atoms with Crippen LogP contribution in [0.25, 0.3) is 0 Å². The van der Waals surface area contributed by atoms with Gasteiger partial charge in [0, 0.05) is 0 Å². The van der Waals surface area contributed by atoms with Crippen molar-refractivity contribution >= 4 is 0 Å². The molecule has 0 bridgehead atoms. The molecule has 18 heavy (non-hydrogen) atoms. The van der Waals surface area contributed by atoms with Crippen molar-refractivity contribution in [3.05, 3.63) is 20.2 Å². The number of nitrogens with zero attached hydrogens (tertiary/aromatic N) is 2. The summed E-state index contributed by atoms with van der Waals surface area (Å²) < 4.78 is 0. The standard InChI is InChI=1S/C10H20N2O6/c1-8(2)5-10(3,4)6-9(18-12(15)16)7-17-11(13)14/h8-9H,5-7H2,1-4H3.